The lowest BCUT2D eigenvalue weighted by molar-refractivity contribution is -0.141. The Balaban J connectivity index is 1.89. The highest BCUT2D eigenvalue weighted by Crippen LogP contribution is 2.31. The van der Waals surface area contributed by atoms with Crippen molar-refractivity contribution in [3.05, 3.63) is 0 Å². The van der Waals surface area contributed by atoms with Gasteiger partial charge in [-0.05, 0) is 46.0 Å². The number of amides is 1. The Morgan fingerprint density at radius 3 is 2.16 bits per heavy atom. The molecule has 0 aromatic rings. The molecule has 0 bridgehead atoms. The second kappa shape index (κ2) is 5.90. The van der Waals surface area contributed by atoms with Crippen LogP contribution in [0.25, 0.3) is 0 Å². The normalized spacial score (nSPS) is 36.1. The summed E-state index contributed by atoms with van der Waals surface area (Å²) in [6.07, 6.45) is 5.22. The molecule has 0 aromatic carbocycles. The number of carboxylic acids is 1. The fraction of sp³-hybridized carbons (Fsp3) is 0.857. The summed E-state index contributed by atoms with van der Waals surface area (Å²) < 4.78 is 0. The van der Waals surface area contributed by atoms with E-state index in [1.165, 1.54) is 6.42 Å². The molecule has 1 heterocycles. The van der Waals surface area contributed by atoms with Gasteiger partial charge in [0, 0.05) is 18.0 Å². The number of hydrogen-bond donors (Lipinski definition) is 2. The van der Waals surface area contributed by atoms with Crippen molar-refractivity contribution < 1.29 is 14.7 Å². The van der Waals surface area contributed by atoms with Gasteiger partial charge in [0.1, 0.15) is 0 Å². The molecule has 0 spiro atoms. The highest BCUT2D eigenvalue weighted by molar-refractivity contribution is 5.80. The molecule has 108 valence electrons. The van der Waals surface area contributed by atoms with Crippen molar-refractivity contribution in [1.29, 1.82) is 0 Å². The standard InChI is InChI=1S/C14H24N2O3/c1-9-4-3-5-10(2)16(9)15-13(17)11-6-7-12(8-11)14(18)19/h9-12H,3-8H2,1-2H3,(H,15,17)(H,18,19)/t9?,10?,11-,12+/m1/s1. The fourth-order valence-electron chi connectivity index (χ4n) is 3.30. The van der Waals surface area contributed by atoms with Crippen molar-refractivity contribution in [1.82, 2.24) is 10.4 Å². The zero-order valence-corrected chi connectivity index (χ0v) is 11.8. The van der Waals surface area contributed by atoms with E-state index in [9.17, 15) is 9.59 Å². The van der Waals surface area contributed by atoms with Crippen LogP contribution in [0.4, 0.5) is 0 Å². The molecule has 1 aliphatic heterocycles. The summed E-state index contributed by atoms with van der Waals surface area (Å²) >= 11 is 0. The van der Waals surface area contributed by atoms with E-state index in [2.05, 4.69) is 24.3 Å². The van der Waals surface area contributed by atoms with Crippen LogP contribution >= 0.6 is 0 Å². The Morgan fingerprint density at radius 2 is 1.63 bits per heavy atom. The molecule has 5 heteroatoms. The van der Waals surface area contributed by atoms with Crippen LogP contribution in [0.5, 0.6) is 0 Å². The number of nitrogens with zero attached hydrogens (tertiary/aromatic N) is 1. The van der Waals surface area contributed by atoms with E-state index < -0.39 is 5.97 Å². The molecule has 2 aliphatic rings. The SMILES string of the molecule is CC1CCCC(C)N1NC(=O)[C@@H]1CC[C@H](C(=O)O)C1. The van der Waals surface area contributed by atoms with Gasteiger partial charge in [-0.3, -0.25) is 15.0 Å². The summed E-state index contributed by atoms with van der Waals surface area (Å²) in [7, 11) is 0. The van der Waals surface area contributed by atoms with Crippen LogP contribution in [0.2, 0.25) is 0 Å². The zero-order valence-electron chi connectivity index (χ0n) is 11.8. The number of carbonyl (C=O) groups is 2. The minimum absolute atomic E-state index is 0.00403. The van der Waals surface area contributed by atoms with Crippen molar-refractivity contribution in [3.8, 4) is 0 Å². The number of carboxylic acid groups (broad SMARTS) is 1. The zero-order chi connectivity index (χ0) is 14.0. The maximum Gasteiger partial charge on any atom is 0.306 e. The maximum absolute atomic E-state index is 12.2. The van der Waals surface area contributed by atoms with E-state index in [0.717, 1.165) is 12.8 Å². The topological polar surface area (TPSA) is 69.6 Å². The van der Waals surface area contributed by atoms with Crippen molar-refractivity contribution in [3.63, 3.8) is 0 Å². The van der Waals surface area contributed by atoms with E-state index in [1.54, 1.807) is 0 Å². The molecule has 2 fully saturated rings. The van der Waals surface area contributed by atoms with Crippen molar-refractivity contribution in [2.24, 2.45) is 11.8 Å². The summed E-state index contributed by atoms with van der Waals surface area (Å²) in [5.74, 6) is -1.24. The van der Waals surface area contributed by atoms with Gasteiger partial charge >= 0.3 is 5.97 Å². The number of hydrogen-bond acceptors (Lipinski definition) is 3. The number of nitrogens with one attached hydrogen (secondary N) is 1. The van der Waals surface area contributed by atoms with E-state index >= 15 is 0 Å². The highest BCUT2D eigenvalue weighted by atomic mass is 16.4. The molecule has 19 heavy (non-hydrogen) atoms. The van der Waals surface area contributed by atoms with Crippen molar-refractivity contribution in [2.45, 2.75) is 64.5 Å². The number of carbonyl (C=O) groups excluding carboxylic acids is 1. The smallest absolute Gasteiger partial charge is 0.306 e. The van der Waals surface area contributed by atoms with Gasteiger partial charge < -0.3 is 5.11 Å². The third kappa shape index (κ3) is 3.26. The first-order valence-corrected chi connectivity index (χ1v) is 7.30. The van der Waals surface area contributed by atoms with Crippen molar-refractivity contribution >= 4 is 11.9 Å². The Kier molecular flexibility index (Phi) is 4.45. The third-order valence-electron chi connectivity index (χ3n) is 4.59. The molecule has 1 saturated heterocycles. The van der Waals surface area contributed by atoms with Gasteiger partial charge in [-0.15, -0.1) is 0 Å². The van der Waals surface area contributed by atoms with Gasteiger partial charge in [0.05, 0.1) is 5.92 Å². The van der Waals surface area contributed by atoms with Crippen LogP contribution in [0.3, 0.4) is 0 Å². The molecule has 1 saturated carbocycles. The summed E-state index contributed by atoms with van der Waals surface area (Å²) in [4.78, 5) is 23.1. The van der Waals surface area contributed by atoms with Crippen LogP contribution in [0.15, 0.2) is 0 Å². The summed E-state index contributed by atoms with van der Waals surface area (Å²) in [6.45, 7) is 4.26. The largest absolute Gasteiger partial charge is 0.481 e. The minimum Gasteiger partial charge on any atom is -0.481 e. The van der Waals surface area contributed by atoms with Gasteiger partial charge in [0.15, 0.2) is 0 Å². The number of rotatable bonds is 3. The Labute approximate surface area is 114 Å². The summed E-state index contributed by atoms with van der Waals surface area (Å²) in [5.41, 5.74) is 3.02. The molecule has 0 radical (unpaired) electrons. The lowest BCUT2D eigenvalue weighted by atomic mass is 9.99. The average Bonchev–Trinajstić information content (AvgIpc) is 2.83. The molecule has 2 rings (SSSR count). The first-order valence-electron chi connectivity index (χ1n) is 7.30. The first kappa shape index (κ1) is 14.3. The van der Waals surface area contributed by atoms with E-state index in [1.807, 2.05) is 0 Å². The lowest BCUT2D eigenvalue weighted by Gasteiger charge is -2.39. The fourth-order valence-corrected chi connectivity index (χ4v) is 3.30. The Bertz CT molecular complexity index is 349. The first-order chi connectivity index (χ1) is 8.99. The number of piperidine rings is 1. The van der Waals surface area contributed by atoms with Crippen LogP contribution in [0.1, 0.15) is 52.4 Å². The van der Waals surface area contributed by atoms with Crippen LogP contribution in [0, 0.1) is 11.8 Å². The highest BCUT2D eigenvalue weighted by Gasteiger charge is 2.35. The quantitative estimate of drug-likeness (QED) is 0.818. The van der Waals surface area contributed by atoms with Gasteiger partial charge in [-0.25, -0.2) is 5.01 Å². The number of hydrazine groups is 1. The monoisotopic (exact) mass is 268 g/mol. The molecule has 5 nitrogen and oxygen atoms in total. The Hall–Kier alpha value is -1.10. The van der Waals surface area contributed by atoms with Crippen LogP contribution in [-0.2, 0) is 9.59 Å². The predicted molar refractivity (Wildman–Crippen MR) is 71.2 cm³/mol. The van der Waals surface area contributed by atoms with Crippen LogP contribution < -0.4 is 5.43 Å². The van der Waals surface area contributed by atoms with E-state index in [4.69, 9.17) is 5.11 Å². The van der Waals surface area contributed by atoms with Gasteiger partial charge in [0.2, 0.25) is 5.91 Å². The Morgan fingerprint density at radius 1 is 1.05 bits per heavy atom. The minimum atomic E-state index is -0.769. The lowest BCUT2D eigenvalue weighted by Crippen LogP contribution is -2.55. The van der Waals surface area contributed by atoms with Crippen LogP contribution in [-0.4, -0.2) is 34.1 Å². The van der Waals surface area contributed by atoms with E-state index in [-0.39, 0.29) is 17.7 Å². The predicted octanol–water partition coefficient (Wildman–Crippen LogP) is 1.78. The summed E-state index contributed by atoms with van der Waals surface area (Å²) in [5, 5.41) is 11.0. The van der Waals surface area contributed by atoms with Gasteiger partial charge in [-0.2, -0.15) is 0 Å². The molecule has 0 aromatic heterocycles. The second-order valence-electron chi connectivity index (χ2n) is 6.06. The molecule has 4 atom stereocenters. The molecule has 1 amide bonds. The molecular weight excluding hydrogens is 244 g/mol. The molecule has 2 unspecified atom stereocenters. The third-order valence-corrected chi connectivity index (χ3v) is 4.59. The number of aliphatic carboxylic acids is 1. The molecule has 1 aliphatic carbocycles. The molecule has 2 N–H and O–H groups in total. The van der Waals surface area contributed by atoms with Gasteiger partial charge in [-0.1, -0.05) is 6.42 Å². The second-order valence-corrected chi connectivity index (χ2v) is 6.06. The van der Waals surface area contributed by atoms with E-state index in [0.29, 0.717) is 31.3 Å². The summed E-state index contributed by atoms with van der Waals surface area (Å²) in [6, 6.07) is 0.730. The maximum atomic E-state index is 12.2. The van der Waals surface area contributed by atoms with Gasteiger partial charge in [0.25, 0.3) is 0 Å². The molecular formula is C14H24N2O3. The average molecular weight is 268 g/mol. The van der Waals surface area contributed by atoms with Crippen molar-refractivity contribution in [2.75, 3.05) is 0 Å².